The van der Waals surface area contributed by atoms with E-state index in [2.05, 4.69) is 194 Å². The first-order valence-electron chi connectivity index (χ1n) is 19.8. The number of hydrogen-bond acceptors (Lipinski definition) is 3. The van der Waals surface area contributed by atoms with Crippen molar-refractivity contribution < 1.29 is 4.42 Å². The van der Waals surface area contributed by atoms with Gasteiger partial charge in [-0.3, -0.25) is 0 Å². The van der Waals surface area contributed by atoms with Crippen LogP contribution >= 0.6 is 11.3 Å². The highest BCUT2D eigenvalue weighted by Gasteiger charge is 2.39. The number of furan rings is 1. The molecule has 0 radical (unpaired) electrons. The van der Waals surface area contributed by atoms with Crippen LogP contribution in [0.1, 0.15) is 77.6 Å². The fourth-order valence-corrected chi connectivity index (χ4v) is 10.5. The number of thiophene rings is 1. The average Bonchev–Trinajstić information content (AvgIpc) is 3.81. The number of fused-ring (bicyclic) bond motifs is 9. The Kier molecular flexibility index (Phi) is 7.57. The molecule has 56 heavy (non-hydrogen) atoms. The Morgan fingerprint density at radius 1 is 0.536 bits per heavy atom. The van der Waals surface area contributed by atoms with Crippen LogP contribution in [0.4, 0.5) is 17.1 Å². The van der Waals surface area contributed by atoms with Gasteiger partial charge in [-0.15, -0.1) is 11.3 Å². The van der Waals surface area contributed by atoms with E-state index in [0.717, 1.165) is 33.3 Å². The smallest absolute Gasteiger partial charge is 0.137 e. The van der Waals surface area contributed by atoms with Gasteiger partial charge in [0, 0.05) is 59.4 Å². The monoisotopic (exact) mass is 745 g/mol. The van der Waals surface area contributed by atoms with Crippen molar-refractivity contribution in [1.29, 1.82) is 0 Å². The van der Waals surface area contributed by atoms with E-state index in [1.807, 2.05) is 17.4 Å². The zero-order valence-electron chi connectivity index (χ0n) is 33.5. The third-order valence-corrected chi connectivity index (χ3v) is 13.3. The number of benzene rings is 7. The van der Waals surface area contributed by atoms with Crippen molar-refractivity contribution in [2.45, 2.75) is 71.6 Å². The highest BCUT2D eigenvalue weighted by Crippen LogP contribution is 2.57. The zero-order valence-corrected chi connectivity index (χ0v) is 34.4. The third kappa shape index (κ3) is 5.35. The molecule has 1 aliphatic carbocycles. The lowest BCUT2D eigenvalue weighted by molar-refractivity contribution is 0.573. The summed E-state index contributed by atoms with van der Waals surface area (Å²) in [5, 5.41) is 4.99. The van der Waals surface area contributed by atoms with Crippen LogP contribution < -0.4 is 4.90 Å². The summed E-state index contributed by atoms with van der Waals surface area (Å²) < 4.78 is 9.27. The van der Waals surface area contributed by atoms with Crippen LogP contribution in [0.25, 0.3) is 64.4 Å². The summed E-state index contributed by atoms with van der Waals surface area (Å²) in [7, 11) is 0. The summed E-state index contributed by atoms with van der Waals surface area (Å²) in [4.78, 5) is 2.44. The van der Waals surface area contributed by atoms with Crippen LogP contribution in [0, 0.1) is 0 Å². The second-order valence-corrected chi connectivity index (χ2v) is 19.3. The highest BCUT2D eigenvalue weighted by atomic mass is 32.1. The van der Waals surface area contributed by atoms with Crippen LogP contribution in [0.5, 0.6) is 0 Å². The first-order chi connectivity index (χ1) is 26.8. The Balaban J connectivity index is 1.23. The molecule has 10 rings (SSSR count). The molecule has 0 N–H and O–H groups in total. The molecule has 0 spiro atoms. The molecule has 9 aromatic rings. The van der Waals surface area contributed by atoms with E-state index in [1.165, 1.54) is 70.4 Å². The minimum absolute atomic E-state index is 0.0274. The summed E-state index contributed by atoms with van der Waals surface area (Å²) in [6.45, 7) is 18.9. The number of para-hydroxylation sites is 1. The summed E-state index contributed by atoms with van der Waals surface area (Å²) in [6, 6.07) is 51.6. The summed E-state index contributed by atoms with van der Waals surface area (Å²) in [5.74, 6) is 0. The molecule has 1 aliphatic rings. The van der Waals surface area contributed by atoms with Crippen LogP contribution in [0.2, 0.25) is 0 Å². The minimum Gasteiger partial charge on any atom is -0.456 e. The normalized spacial score (nSPS) is 13.9. The molecule has 0 saturated carbocycles. The van der Waals surface area contributed by atoms with Gasteiger partial charge in [0.05, 0.1) is 5.69 Å². The molecule has 2 nitrogen and oxygen atoms in total. The van der Waals surface area contributed by atoms with Gasteiger partial charge in [0.1, 0.15) is 11.2 Å². The molecule has 0 atom stereocenters. The van der Waals surface area contributed by atoms with Gasteiger partial charge < -0.3 is 9.32 Å². The Morgan fingerprint density at radius 3 is 1.98 bits per heavy atom. The third-order valence-electron chi connectivity index (χ3n) is 12.1. The molecular weight excluding hydrogens is 699 g/mol. The maximum absolute atomic E-state index is 6.50. The number of nitrogens with zero attached hydrogens (tertiary/aromatic N) is 1. The van der Waals surface area contributed by atoms with Crippen molar-refractivity contribution in [1.82, 2.24) is 0 Å². The molecular formula is C53H47NOS. The van der Waals surface area contributed by atoms with Crippen molar-refractivity contribution >= 4 is 70.5 Å². The largest absolute Gasteiger partial charge is 0.456 e. The second kappa shape index (κ2) is 12.2. The van der Waals surface area contributed by atoms with Gasteiger partial charge in [0.15, 0.2) is 0 Å². The average molecular weight is 746 g/mol. The molecule has 2 aromatic heterocycles. The Hall–Kier alpha value is -5.64. The Bertz CT molecular complexity index is 3000. The predicted octanol–water partition coefficient (Wildman–Crippen LogP) is 16.0. The van der Waals surface area contributed by atoms with Crippen LogP contribution in [-0.2, 0) is 16.2 Å². The topological polar surface area (TPSA) is 16.4 Å². The first kappa shape index (κ1) is 34.8. The lowest BCUT2D eigenvalue weighted by atomic mass is 9.79. The minimum atomic E-state index is -0.181. The Labute approximate surface area is 334 Å². The lowest BCUT2D eigenvalue weighted by Crippen LogP contribution is -2.16. The van der Waals surface area contributed by atoms with Crippen LogP contribution in [0.15, 0.2) is 144 Å². The predicted molar refractivity (Wildman–Crippen MR) is 242 cm³/mol. The van der Waals surface area contributed by atoms with Crippen LogP contribution in [0.3, 0.4) is 0 Å². The summed E-state index contributed by atoms with van der Waals surface area (Å²) >= 11 is 1.97. The highest BCUT2D eigenvalue weighted by molar-refractivity contribution is 7.26. The van der Waals surface area contributed by atoms with Crippen molar-refractivity contribution in [3.05, 3.63) is 162 Å². The molecule has 0 bridgehead atoms. The standard InChI is InChI=1S/C53H47NOS/c1-51(2,3)34-27-40-39-30-41-43(31-48(39)56-50(40)44(28-34)52(4,5)6)53(7,8)42-18-14-19-45(49(41)42)54(35-23-21-33(22-24-35)32-15-10-9-11-16-32)36-25-26-38-37-17-12-13-20-46(37)55-47(38)29-36/h9-31H,1-8H3. The Morgan fingerprint density at radius 2 is 1.23 bits per heavy atom. The van der Waals surface area contributed by atoms with E-state index in [9.17, 15) is 0 Å². The molecule has 0 saturated heterocycles. The summed E-state index contributed by atoms with van der Waals surface area (Å²) in [6.07, 6.45) is 0. The van der Waals surface area contributed by atoms with Gasteiger partial charge in [-0.2, -0.15) is 0 Å². The van der Waals surface area contributed by atoms with Crippen molar-refractivity contribution in [3.63, 3.8) is 0 Å². The summed E-state index contributed by atoms with van der Waals surface area (Å²) in [5.41, 5.74) is 15.6. The maximum atomic E-state index is 6.50. The SMILES string of the molecule is CC(C)(C)c1cc(C(C)(C)C)c2sc3cc4c(cc3c2c1)-c1c(N(c2ccc(-c3ccccc3)cc2)c2ccc3c(c2)oc2ccccc23)cccc1C4(C)C. The van der Waals surface area contributed by atoms with E-state index < -0.39 is 0 Å². The van der Waals surface area contributed by atoms with Gasteiger partial charge in [-0.25, -0.2) is 0 Å². The second-order valence-electron chi connectivity index (χ2n) is 18.2. The zero-order chi connectivity index (χ0) is 38.7. The van der Waals surface area contributed by atoms with E-state index in [1.54, 1.807) is 0 Å². The molecule has 2 heterocycles. The van der Waals surface area contributed by atoms with Gasteiger partial charge >= 0.3 is 0 Å². The van der Waals surface area contributed by atoms with Gasteiger partial charge in [0.2, 0.25) is 0 Å². The molecule has 0 unspecified atom stereocenters. The molecule has 0 fully saturated rings. The molecule has 0 aliphatic heterocycles. The van der Waals surface area contributed by atoms with E-state index in [0.29, 0.717) is 0 Å². The number of rotatable bonds is 4. The van der Waals surface area contributed by atoms with E-state index in [-0.39, 0.29) is 16.2 Å². The van der Waals surface area contributed by atoms with Gasteiger partial charge in [0.25, 0.3) is 0 Å². The number of anilines is 3. The van der Waals surface area contributed by atoms with Gasteiger partial charge in [-0.1, -0.05) is 134 Å². The molecule has 276 valence electrons. The first-order valence-corrected chi connectivity index (χ1v) is 20.7. The quantitative estimate of drug-likeness (QED) is 0.178. The van der Waals surface area contributed by atoms with Crippen molar-refractivity contribution in [2.24, 2.45) is 0 Å². The fraction of sp³-hybridized carbons (Fsp3) is 0.208. The van der Waals surface area contributed by atoms with E-state index >= 15 is 0 Å². The molecule has 3 heteroatoms. The maximum Gasteiger partial charge on any atom is 0.137 e. The van der Waals surface area contributed by atoms with Crippen LogP contribution in [-0.4, -0.2) is 0 Å². The van der Waals surface area contributed by atoms with E-state index in [4.69, 9.17) is 4.42 Å². The lowest BCUT2D eigenvalue weighted by Gasteiger charge is -2.29. The molecule has 7 aromatic carbocycles. The van der Waals surface area contributed by atoms with Gasteiger partial charge in [-0.05, 0) is 104 Å². The number of hydrogen-bond donors (Lipinski definition) is 0. The fourth-order valence-electron chi connectivity index (χ4n) is 9.03. The van der Waals surface area contributed by atoms with Crippen molar-refractivity contribution in [2.75, 3.05) is 4.90 Å². The molecule has 0 amide bonds. The van der Waals surface area contributed by atoms with Crippen molar-refractivity contribution in [3.8, 4) is 22.3 Å².